The molecule has 2 rings (SSSR count). The third-order valence-electron chi connectivity index (χ3n) is 2.62. The van der Waals surface area contributed by atoms with Crippen molar-refractivity contribution in [3.05, 3.63) is 60.2 Å². The maximum absolute atomic E-state index is 11.1. The summed E-state index contributed by atoms with van der Waals surface area (Å²) in [5.74, 6) is 1.88. The van der Waals surface area contributed by atoms with Crippen molar-refractivity contribution in [1.29, 1.82) is 0 Å². The molecular formula is C16H16O2S. The lowest BCUT2D eigenvalue weighted by Crippen LogP contribution is -1.99. The number of carbonyl (C=O) groups excluding carboxylic acids is 1. The SMILES string of the molecule is CC(=O)c1ccc(SCCOc2ccccc2)cc1. The van der Waals surface area contributed by atoms with E-state index in [4.69, 9.17) is 4.74 Å². The van der Waals surface area contributed by atoms with Gasteiger partial charge in [-0.3, -0.25) is 4.79 Å². The molecule has 2 aromatic rings. The van der Waals surface area contributed by atoms with E-state index >= 15 is 0 Å². The van der Waals surface area contributed by atoms with Gasteiger partial charge in [0.15, 0.2) is 5.78 Å². The van der Waals surface area contributed by atoms with Crippen LogP contribution in [-0.4, -0.2) is 18.1 Å². The monoisotopic (exact) mass is 272 g/mol. The Morgan fingerprint density at radius 1 is 1.05 bits per heavy atom. The summed E-state index contributed by atoms with van der Waals surface area (Å²) in [7, 11) is 0. The van der Waals surface area contributed by atoms with Crippen molar-refractivity contribution in [3.8, 4) is 5.75 Å². The molecule has 0 atom stereocenters. The normalized spacial score (nSPS) is 10.2. The summed E-state index contributed by atoms with van der Waals surface area (Å²) in [5, 5.41) is 0. The van der Waals surface area contributed by atoms with Crippen LogP contribution < -0.4 is 4.74 Å². The first kappa shape index (κ1) is 13.7. The van der Waals surface area contributed by atoms with Crippen LogP contribution in [0.2, 0.25) is 0 Å². The van der Waals surface area contributed by atoms with Gasteiger partial charge in [0, 0.05) is 16.2 Å². The second-order valence-electron chi connectivity index (χ2n) is 4.09. The number of hydrogen-bond acceptors (Lipinski definition) is 3. The first-order chi connectivity index (χ1) is 9.25. The molecule has 0 aliphatic rings. The minimum Gasteiger partial charge on any atom is -0.493 e. The van der Waals surface area contributed by atoms with Gasteiger partial charge in [-0.05, 0) is 31.2 Å². The highest BCUT2D eigenvalue weighted by molar-refractivity contribution is 7.99. The zero-order valence-electron chi connectivity index (χ0n) is 10.8. The summed E-state index contributed by atoms with van der Waals surface area (Å²) < 4.78 is 5.61. The molecule has 0 bridgehead atoms. The van der Waals surface area contributed by atoms with Crippen molar-refractivity contribution in [2.75, 3.05) is 12.4 Å². The number of para-hydroxylation sites is 1. The van der Waals surface area contributed by atoms with Crippen molar-refractivity contribution < 1.29 is 9.53 Å². The smallest absolute Gasteiger partial charge is 0.159 e. The zero-order chi connectivity index (χ0) is 13.5. The summed E-state index contributed by atoms with van der Waals surface area (Å²) in [5.41, 5.74) is 0.755. The molecular weight excluding hydrogens is 256 g/mol. The fourth-order valence-corrected chi connectivity index (χ4v) is 2.35. The number of carbonyl (C=O) groups is 1. The third kappa shape index (κ3) is 4.45. The van der Waals surface area contributed by atoms with Crippen LogP contribution in [0.5, 0.6) is 5.75 Å². The van der Waals surface area contributed by atoms with E-state index in [0.717, 1.165) is 22.0 Å². The molecule has 2 nitrogen and oxygen atoms in total. The van der Waals surface area contributed by atoms with Crippen LogP contribution in [0.25, 0.3) is 0 Å². The highest BCUT2D eigenvalue weighted by Gasteiger charge is 1.99. The summed E-state index contributed by atoms with van der Waals surface area (Å²) in [6, 6.07) is 17.5. The predicted molar refractivity (Wildman–Crippen MR) is 79.1 cm³/mol. The fraction of sp³-hybridized carbons (Fsp3) is 0.188. The molecule has 19 heavy (non-hydrogen) atoms. The van der Waals surface area contributed by atoms with Crippen molar-refractivity contribution >= 4 is 17.5 Å². The summed E-state index contributed by atoms with van der Waals surface area (Å²) in [4.78, 5) is 12.3. The molecule has 0 saturated heterocycles. The zero-order valence-corrected chi connectivity index (χ0v) is 11.7. The van der Waals surface area contributed by atoms with E-state index in [1.54, 1.807) is 18.7 Å². The maximum Gasteiger partial charge on any atom is 0.159 e. The largest absolute Gasteiger partial charge is 0.493 e. The standard InChI is InChI=1S/C16H16O2S/c1-13(17)14-7-9-16(10-8-14)19-12-11-18-15-5-3-2-4-6-15/h2-10H,11-12H2,1H3. The Bertz CT molecular complexity index is 520. The summed E-state index contributed by atoms with van der Waals surface area (Å²) in [6.07, 6.45) is 0. The van der Waals surface area contributed by atoms with Gasteiger partial charge in [0.2, 0.25) is 0 Å². The van der Waals surface area contributed by atoms with Gasteiger partial charge in [-0.2, -0.15) is 0 Å². The van der Waals surface area contributed by atoms with Crippen LogP contribution in [0.4, 0.5) is 0 Å². The first-order valence-corrected chi connectivity index (χ1v) is 7.16. The van der Waals surface area contributed by atoms with E-state index in [0.29, 0.717) is 6.61 Å². The molecule has 0 unspecified atom stereocenters. The highest BCUT2D eigenvalue weighted by atomic mass is 32.2. The molecule has 0 spiro atoms. The second-order valence-corrected chi connectivity index (χ2v) is 5.26. The molecule has 0 heterocycles. The van der Waals surface area contributed by atoms with Gasteiger partial charge in [0.25, 0.3) is 0 Å². The van der Waals surface area contributed by atoms with Crippen LogP contribution >= 0.6 is 11.8 Å². The third-order valence-corrected chi connectivity index (χ3v) is 3.60. The van der Waals surface area contributed by atoms with Gasteiger partial charge in [0.1, 0.15) is 5.75 Å². The van der Waals surface area contributed by atoms with E-state index < -0.39 is 0 Å². The predicted octanol–water partition coefficient (Wildman–Crippen LogP) is 4.06. The Morgan fingerprint density at radius 3 is 2.37 bits per heavy atom. The molecule has 0 N–H and O–H groups in total. The number of ether oxygens (including phenoxy) is 1. The van der Waals surface area contributed by atoms with Crippen molar-refractivity contribution in [2.45, 2.75) is 11.8 Å². The molecule has 0 radical (unpaired) electrons. The molecule has 0 amide bonds. The number of rotatable bonds is 6. The first-order valence-electron chi connectivity index (χ1n) is 6.17. The van der Waals surface area contributed by atoms with Crippen LogP contribution in [0.1, 0.15) is 17.3 Å². The molecule has 3 heteroatoms. The minimum atomic E-state index is 0.101. The van der Waals surface area contributed by atoms with Gasteiger partial charge < -0.3 is 4.74 Å². The van der Waals surface area contributed by atoms with E-state index in [2.05, 4.69) is 0 Å². The van der Waals surface area contributed by atoms with E-state index in [1.165, 1.54) is 0 Å². The van der Waals surface area contributed by atoms with Crippen molar-refractivity contribution in [2.24, 2.45) is 0 Å². The number of Topliss-reactive ketones (excluding diaryl/α,β-unsaturated/α-hetero) is 1. The van der Waals surface area contributed by atoms with Gasteiger partial charge in [0.05, 0.1) is 6.61 Å². The number of thioether (sulfide) groups is 1. The molecule has 98 valence electrons. The molecule has 0 fully saturated rings. The molecule has 0 saturated carbocycles. The highest BCUT2D eigenvalue weighted by Crippen LogP contribution is 2.19. The summed E-state index contributed by atoms with van der Waals surface area (Å²) in [6.45, 7) is 2.25. The number of ketones is 1. The maximum atomic E-state index is 11.1. The Balaban J connectivity index is 1.75. The van der Waals surface area contributed by atoms with Crippen molar-refractivity contribution in [3.63, 3.8) is 0 Å². The fourth-order valence-electron chi connectivity index (χ4n) is 1.62. The van der Waals surface area contributed by atoms with Crippen LogP contribution in [0.3, 0.4) is 0 Å². The number of hydrogen-bond donors (Lipinski definition) is 0. The van der Waals surface area contributed by atoms with Crippen molar-refractivity contribution in [1.82, 2.24) is 0 Å². The van der Waals surface area contributed by atoms with Gasteiger partial charge in [-0.1, -0.05) is 30.3 Å². The van der Waals surface area contributed by atoms with Crippen LogP contribution in [-0.2, 0) is 0 Å². The Kier molecular flexibility index (Phi) is 5.04. The lowest BCUT2D eigenvalue weighted by Gasteiger charge is -2.06. The molecule has 0 aliphatic carbocycles. The molecule has 2 aromatic carbocycles. The van der Waals surface area contributed by atoms with Gasteiger partial charge >= 0.3 is 0 Å². The Morgan fingerprint density at radius 2 is 1.74 bits per heavy atom. The quantitative estimate of drug-likeness (QED) is 0.450. The van der Waals surface area contributed by atoms with Crippen LogP contribution in [0.15, 0.2) is 59.5 Å². The number of benzene rings is 2. The topological polar surface area (TPSA) is 26.3 Å². The minimum absolute atomic E-state index is 0.101. The summed E-state index contributed by atoms with van der Waals surface area (Å²) >= 11 is 1.72. The Labute approximate surface area is 117 Å². The Hall–Kier alpha value is -1.74. The van der Waals surface area contributed by atoms with Crippen LogP contribution in [0, 0.1) is 0 Å². The molecule has 0 aromatic heterocycles. The van der Waals surface area contributed by atoms with E-state index in [-0.39, 0.29) is 5.78 Å². The van der Waals surface area contributed by atoms with Gasteiger partial charge in [-0.25, -0.2) is 0 Å². The molecule has 0 aliphatic heterocycles. The average molecular weight is 272 g/mol. The average Bonchev–Trinajstić information content (AvgIpc) is 2.45. The lowest BCUT2D eigenvalue weighted by molar-refractivity contribution is 0.101. The van der Waals surface area contributed by atoms with E-state index in [1.807, 2.05) is 54.6 Å². The van der Waals surface area contributed by atoms with Gasteiger partial charge in [-0.15, -0.1) is 11.8 Å². The van der Waals surface area contributed by atoms with E-state index in [9.17, 15) is 4.79 Å². The second kappa shape index (κ2) is 7.00. The lowest BCUT2D eigenvalue weighted by atomic mass is 10.2.